The molecule has 4 heteroatoms. The highest BCUT2D eigenvalue weighted by molar-refractivity contribution is 5.69. The Balaban J connectivity index is 2.13. The van der Waals surface area contributed by atoms with Gasteiger partial charge in [-0.25, -0.2) is 4.98 Å². The Labute approximate surface area is 171 Å². The maximum Gasteiger partial charge on any atom is 0.232 e. The third kappa shape index (κ3) is 3.49. The van der Waals surface area contributed by atoms with Crippen molar-refractivity contribution in [2.75, 3.05) is 22.9 Å². The topological polar surface area (TPSA) is 32.3 Å². The van der Waals surface area contributed by atoms with Crippen molar-refractivity contribution in [2.45, 2.75) is 80.2 Å². The summed E-state index contributed by atoms with van der Waals surface area (Å²) in [4.78, 5) is 14.9. The molecule has 0 spiro atoms. The zero-order valence-corrected chi connectivity index (χ0v) is 18.9. The number of anilines is 3. The molecule has 152 valence electrons. The summed E-state index contributed by atoms with van der Waals surface area (Å²) in [7, 11) is 0. The van der Waals surface area contributed by atoms with Gasteiger partial charge < -0.3 is 9.80 Å². The molecule has 1 aliphatic rings. The Morgan fingerprint density at radius 2 is 1.64 bits per heavy atom. The van der Waals surface area contributed by atoms with Crippen molar-refractivity contribution in [3.8, 4) is 0 Å². The third-order valence-corrected chi connectivity index (χ3v) is 6.19. The maximum atomic E-state index is 5.16. The van der Waals surface area contributed by atoms with Crippen LogP contribution in [0.15, 0.2) is 12.1 Å². The van der Waals surface area contributed by atoms with Gasteiger partial charge in [-0.05, 0) is 58.6 Å². The number of benzene rings is 1. The van der Waals surface area contributed by atoms with E-state index in [1.54, 1.807) is 0 Å². The second-order valence-corrected chi connectivity index (χ2v) is 8.36. The summed E-state index contributed by atoms with van der Waals surface area (Å²) >= 11 is 0. The lowest BCUT2D eigenvalue weighted by atomic mass is 10.0. The highest BCUT2D eigenvalue weighted by Crippen LogP contribution is 2.40. The van der Waals surface area contributed by atoms with Crippen molar-refractivity contribution >= 4 is 17.5 Å². The van der Waals surface area contributed by atoms with Gasteiger partial charge in [0.15, 0.2) is 0 Å². The van der Waals surface area contributed by atoms with Gasteiger partial charge in [-0.3, -0.25) is 0 Å². The van der Waals surface area contributed by atoms with Crippen molar-refractivity contribution in [1.29, 1.82) is 0 Å². The first kappa shape index (κ1) is 20.6. The Morgan fingerprint density at radius 3 is 2.18 bits per heavy atom. The van der Waals surface area contributed by atoms with Gasteiger partial charge in [0, 0.05) is 42.0 Å². The quantitative estimate of drug-likeness (QED) is 0.617. The molecule has 1 unspecified atom stereocenters. The van der Waals surface area contributed by atoms with Crippen LogP contribution in [0.2, 0.25) is 0 Å². The van der Waals surface area contributed by atoms with Crippen LogP contribution in [0, 0.1) is 27.7 Å². The molecule has 3 rings (SSSR count). The minimum atomic E-state index is 0.488. The van der Waals surface area contributed by atoms with Crippen LogP contribution in [0.4, 0.5) is 17.5 Å². The zero-order valence-electron chi connectivity index (χ0n) is 18.9. The molecular formula is C24H36N4. The van der Waals surface area contributed by atoms with Gasteiger partial charge in [-0.2, -0.15) is 4.98 Å². The van der Waals surface area contributed by atoms with Gasteiger partial charge in [-0.1, -0.05) is 38.5 Å². The summed E-state index contributed by atoms with van der Waals surface area (Å²) in [5.74, 6) is 2.48. The van der Waals surface area contributed by atoms with Gasteiger partial charge in [0.1, 0.15) is 5.82 Å². The average Bonchev–Trinajstić information content (AvgIpc) is 2.96. The molecule has 0 N–H and O–H groups in total. The van der Waals surface area contributed by atoms with Gasteiger partial charge >= 0.3 is 0 Å². The Bertz CT molecular complexity index is 831. The van der Waals surface area contributed by atoms with Crippen LogP contribution in [0.25, 0.3) is 0 Å². The third-order valence-electron chi connectivity index (χ3n) is 6.19. The molecule has 28 heavy (non-hydrogen) atoms. The fraction of sp³-hybridized carbons (Fsp3) is 0.583. The van der Waals surface area contributed by atoms with Crippen LogP contribution in [0.3, 0.4) is 0 Å². The zero-order chi connectivity index (χ0) is 20.6. The van der Waals surface area contributed by atoms with E-state index in [4.69, 9.17) is 9.97 Å². The molecule has 0 saturated heterocycles. The standard InChI is InChI=1S/C24H36N4/c1-9-20(10-2)28-14-18(7)21-19(8)25-24(26-23(21)28)27(11-3)22-16(5)12-15(4)13-17(22)6/h12-13,18,20H,9-11,14H2,1-8H3. The summed E-state index contributed by atoms with van der Waals surface area (Å²) in [6, 6.07) is 5.05. The predicted octanol–water partition coefficient (Wildman–Crippen LogP) is 5.98. The van der Waals surface area contributed by atoms with E-state index in [1.807, 2.05) is 0 Å². The molecule has 0 saturated carbocycles. The molecule has 2 aromatic rings. The molecule has 2 heterocycles. The van der Waals surface area contributed by atoms with Crippen molar-refractivity contribution < 1.29 is 0 Å². The molecule has 0 aliphatic carbocycles. The lowest BCUT2D eigenvalue weighted by Crippen LogP contribution is -2.34. The van der Waals surface area contributed by atoms with Gasteiger partial charge in [0.25, 0.3) is 0 Å². The van der Waals surface area contributed by atoms with E-state index in [2.05, 4.69) is 77.3 Å². The van der Waals surface area contributed by atoms with E-state index in [9.17, 15) is 0 Å². The lowest BCUT2D eigenvalue weighted by molar-refractivity contribution is 0.554. The highest BCUT2D eigenvalue weighted by Gasteiger charge is 2.34. The predicted molar refractivity (Wildman–Crippen MR) is 120 cm³/mol. The maximum absolute atomic E-state index is 5.16. The Hall–Kier alpha value is -2.10. The van der Waals surface area contributed by atoms with E-state index < -0.39 is 0 Å². The Kier molecular flexibility index (Phi) is 5.97. The lowest BCUT2D eigenvalue weighted by Gasteiger charge is -2.30. The fourth-order valence-electron chi connectivity index (χ4n) is 4.99. The van der Waals surface area contributed by atoms with E-state index in [1.165, 1.54) is 27.9 Å². The van der Waals surface area contributed by atoms with E-state index in [0.717, 1.165) is 43.4 Å². The molecule has 1 aromatic heterocycles. The Morgan fingerprint density at radius 1 is 1.04 bits per heavy atom. The summed E-state index contributed by atoms with van der Waals surface area (Å²) in [5.41, 5.74) is 7.57. The molecule has 0 bridgehead atoms. The number of rotatable bonds is 6. The van der Waals surface area contributed by atoms with E-state index in [0.29, 0.717) is 12.0 Å². The van der Waals surface area contributed by atoms with Crippen molar-refractivity contribution in [3.63, 3.8) is 0 Å². The van der Waals surface area contributed by atoms with Gasteiger partial charge in [0.2, 0.25) is 5.95 Å². The van der Waals surface area contributed by atoms with Crippen LogP contribution in [0.5, 0.6) is 0 Å². The minimum absolute atomic E-state index is 0.488. The molecular weight excluding hydrogens is 344 g/mol. The van der Waals surface area contributed by atoms with Crippen molar-refractivity contribution in [3.05, 3.63) is 40.1 Å². The number of fused-ring (bicyclic) bond motifs is 1. The molecule has 1 aliphatic heterocycles. The smallest absolute Gasteiger partial charge is 0.232 e. The number of hydrogen-bond acceptors (Lipinski definition) is 4. The van der Waals surface area contributed by atoms with Crippen LogP contribution in [-0.4, -0.2) is 29.1 Å². The molecule has 0 radical (unpaired) electrons. The number of aryl methyl sites for hydroxylation is 4. The average molecular weight is 381 g/mol. The number of nitrogens with zero attached hydrogens (tertiary/aromatic N) is 4. The molecule has 1 aromatic carbocycles. The molecule has 1 atom stereocenters. The number of aromatic nitrogens is 2. The first-order chi connectivity index (χ1) is 13.3. The second kappa shape index (κ2) is 8.10. The molecule has 0 amide bonds. The number of hydrogen-bond donors (Lipinski definition) is 0. The molecule has 4 nitrogen and oxygen atoms in total. The highest BCUT2D eigenvalue weighted by atomic mass is 15.3. The monoisotopic (exact) mass is 380 g/mol. The van der Waals surface area contributed by atoms with Crippen LogP contribution in [-0.2, 0) is 0 Å². The summed E-state index contributed by atoms with van der Waals surface area (Å²) in [6.07, 6.45) is 2.30. The summed E-state index contributed by atoms with van der Waals surface area (Å²) < 4.78 is 0. The minimum Gasteiger partial charge on any atom is -0.353 e. The molecule has 0 fully saturated rings. The first-order valence-corrected chi connectivity index (χ1v) is 10.8. The van der Waals surface area contributed by atoms with E-state index in [-0.39, 0.29) is 0 Å². The van der Waals surface area contributed by atoms with Crippen LogP contribution >= 0.6 is 0 Å². The van der Waals surface area contributed by atoms with E-state index >= 15 is 0 Å². The normalized spacial score (nSPS) is 16.0. The summed E-state index contributed by atoms with van der Waals surface area (Å²) in [5, 5.41) is 0. The fourth-order valence-corrected chi connectivity index (χ4v) is 4.99. The second-order valence-electron chi connectivity index (χ2n) is 8.36. The SMILES string of the molecule is CCC(CC)N1CC(C)c2c(C)nc(N(CC)c3c(C)cc(C)cc3C)nc21. The van der Waals surface area contributed by atoms with Crippen molar-refractivity contribution in [2.24, 2.45) is 0 Å². The first-order valence-electron chi connectivity index (χ1n) is 10.8. The van der Waals surface area contributed by atoms with Crippen LogP contribution < -0.4 is 9.80 Å². The largest absolute Gasteiger partial charge is 0.353 e. The van der Waals surface area contributed by atoms with Crippen LogP contribution in [0.1, 0.15) is 74.4 Å². The van der Waals surface area contributed by atoms with Gasteiger partial charge in [0.05, 0.1) is 0 Å². The van der Waals surface area contributed by atoms with Crippen molar-refractivity contribution in [1.82, 2.24) is 9.97 Å². The van der Waals surface area contributed by atoms with Gasteiger partial charge in [-0.15, -0.1) is 0 Å². The summed E-state index contributed by atoms with van der Waals surface area (Å²) in [6.45, 7) is 19.7.